The first-order valence-electron chi connectivity index (χ1n) is 13.3. The van der Waals surface area contributed by atoms with Crippen molar-refractivity contribution in [2.45, 2.75) is 56.3 Å². The van der Waals surface area contributed by atoms with Crippen LogP contribution in [0.2, 0.25) is 32.2 Å². The molecule has 0 fully saturated rings. The van der Waals surface area contributed by atoms with Crippen LogP contribution in [0.4, 0.5) is 4.79 Å². The van der Waals surface area contributed by atoms with Gasteiger partial charge in [0, 0.05) is 54.5 Å². The molecule has 6 nitrogen and oxygen atoms in total. The number of nitrogens with zero attached hydrogens (tertiary/aromatic N) is 3. The summed E-state index contributed by atoms with van der Waals surface area (Å²) >= 11 is 1.65. The Morgan fingerprint density at radius 3 is 2.18 bits per heavy atom. The molecule has 0 bridgehead atoms. The molecular formula is C30H37N3O3SSi2. The van der Waals surface area contributed by atoms with Gasteiger partial charge in [0.15, 0.2) is 27.9 Å². The molecule has 0 unspecified atom stereocenters. The third kappa shape index (κ3) is 7.60. The standard InChI is InChI=1S/C30H37N3O3SSi2/c1-7-13-23-20-31-29(32-21-23)37-22-39(5,6)36-38(3,4)19-12-18-33(2)30(34)35-28-26-16-10-8-14-24(26)25-15-9-11-17-27(25)28/h1,8-11,14-17,20-21,28H,12-13,18-19,22H2,2-6H3. The van der Waals surface area contributed by atoms with E-state index in [9.17, 15) is 4.79 Å². The topological polar surface area (TPSA) is 64.5 Å². The average molecular weight is 576 g/mol. The van der Waals surface area contributed by atoms with Crippen molar-refractivity contribution in [2.24, 2.45) is 0 Å². The van der Waals surface area contributed by atoms with Gasteiger partial charge < -0.3 is 13.8 Å². The molecule has 0 atom stereocenters. The van der Waals surface area contributed by atoms with Crippen molar-refractivity contribution in [1.82, 2.24) is 14.9 Å². The molecule has 1 heterocycles. The Bertz CT molecular complexity index is 1300. The molecule has 39 heavy (non-hydrogen) atoms. The van der Waals surface area contributed by atoms with E-state index in [-0.39, 0.29) is 12.2 Å². The molecule has 0 N–H and O–H groups in total. The van der Waals surface area contributed by atoms with Crippen LogP contribution in [-0.4, -0.2) is 56.6 Å². The highest BCUT2D eigenvalue weighted by molar-refractivity contribution is 8.00. The zero-order valence-corrected chi connectivity index (χ0v) is 26.3. The summed E-state index contributed by atoms with van der Waals surface area (Å²) in [6, 6.07) is 17.3. The van der Waals surface area contributed by atoms with Crippen LogP contribution in [-0.2, 0) is 15.3 Å². The van der Waals surface area contributed by atoms with E-state index in [2.05, 4.69) is 54.2 Å². The van der Waals surface area contributed by atoms with Crippen molar-refractivity contribution < 1.29 is 13.6 Å². The number of carbonyl (C=O) groups is 1. The van der Waals surface area contributed by atoms with Crippen LogP contribution in [0.25, 0.3) is 11.1 Å². The number of benzene rings is 2. The van der Waals surface area contributed by atoms with Gasteiger partial charge in [0.25, 0.3) is 0 Å². The fourth-order valence-electron chi connectivity index (χ4n) is 4.95. The predicted octanol–water partition coefficient (Wildman–Crippen LogP) is 6.94. The lowest BCUT2D eigenvalue weighted by molar-refractivity contribution is 0.0862. The molecule has 1 aliphatic rings. The van der Waals surface area contributed by atoms with Gasteiger partial charge in [-0.05, 0) is 49.8 Å². The Morgan fingerprint density at radius 1 is 1.00 bits per heavy atom. The first-order chi connectivity index (χ1) is 18.6. The quantitative estimate of drug-likeness (QED) is 0.107. The van der Waals surface area contributed by atoms with E-state index in [1.54, 1.807) is 29.1 Å². The van der Waals surface area contributed by atoms with Crippen LogP contribution in [0.15, 0.2) is 66.1 Å². The third-order valence-corrected chi connectivity index (χ3v) is 16.5. The van der Waals surface area contributed by atoms with Crippen molar-refractivity contribution in [2.75, 3.05) is 19.0 Å². The lowest BCUT2D eigenvalue weighted by Crippen LogP contribution is -2.46. The number of aromatic nitrogens is 2. The van der Waals surface area contributed by atoms with Crippen LogP contribution >= 0.6 is 11.8 Å². The Hall–Kier alpha value is -2.91. The smallest absolute Gasteiger partial charge is 0.410 e. The highest BCUT2D eigenvalue weighted by Crippen LogP contribution is 2.45. The van der Waals surface area contributed by atoms with Crippen molar-refractivity contribution in [3.8, 4) is 23.5 Å². The fraction of sp³-hybridized carbons (Fsp3) is 0.367. The van der Waals surface area contributed by atoms with Gasteiger partial charge in [-0.2, -0.15) is 0 Å². The van der Waals surface area contributed by atoms with Gasteiger partial charge in [-0.3, -0.25) is 0 Å². The van der Waals surface area contributed by atoms with E-state index >= 15 is 0 Å². The van der Waals surface area contributed by atoms with Crippen LogP contribution in [0, 0.1) is 12.3 Å². The second-order valence-corrected chi connectivity index (χ2v) is 21.3. The van der Waals surface area contributed by atoms with Crippen LogP contribution < -0.4 is 0 Å². The normalized spacial score (nSPS) is 12.9. The van der Waals surface area contributed by atoms with E-state index in [0.717, 1.165) is 50.8 Å². The summed E-state index contributed by atoms with van der Waals surface area (Å²) < 4.78 is 12.8. The number of fused-ring (bicyclic) bond motifs is 3. The molecule has 1 aromatic heterocycles. The summed E-state index contributed by atoms with van der Waals surface area (Å²) in [6.07, 6.45) is 9.71. The first-order valence-corrected chi connectivity index (χ1v) is 20.5. The van der Waals surface area contributed by atoms with Crippen molar-refractivity contribution in [3.05, 3.63) is 77.6 Å². The number of ether oxygens (including phenoxy) is 1. The molecule has 1 aliphatic carbocycles. The number of hydrogen-bond donors (Lipinski definition) is 0. The molecular weight excluding hydrogens is 539 g/mol. The Kier molecular flexibility index (Phi) is 9.33. The maximum absolute atomic E-state index is 13.0. The second kappa shape index (κ2) is 12.5. The maximum atomic E-state index is 13.0. The molecule has 2 aromatic carbocycles. The number of carbonyl (C=O) groups excluding carboxylic acids is 1. The van der Waals surface area contributed by atoms with Crippen molar-refractivity contribution in [3.63, 3.8) is 0 Å². The van der Waals surface area contributed by atoms with Gasteiger partial charge in [0.1, 0.15) is 0 Å². The molecule has 9 heteroatoms. The lowest BCUT2D eigenvalue weighted by Gasteiger charge is -2.34. The number of amides is 1. The van der Waals surface area contributed by atoms with Crippen molar-refractivity contribution in [1.29, 1.82) is 0 Å². The zero-order chi connectivity index (χ0) is 28.0. The first kappa shape index (κ1) is 29.1. The Morgan fingerprint density at radius 2 is 1.59 bits per heavy atom. The fourth-order valence-corrected chi connectivity index (χ4v) is 15.3. The van der Waals surface area contributed by atoms with E-state index < -0.39 is 16.6 Å². The monoisotopic (exact) mass is 575 g/mol. The lowest BCUT2D eigenvalue weighted by atomic mass is 10.1. The molecule has 0 saturated heterocycles. The van der Waals surface area contributed by atoms with Gasteiger partial charge in [-0.1, -0.05) is 60.3 Å². The zero-order valence-electron chi connectivity index (χ0n) is 23.4. The number of rotatable bonds is 11. The molecule has 0 radical (unpaired) electrons. The molecule has 1 amide bonds. The van der Waals surface area contributed by atoms with Gasteiger partial charge in [0.2, 0.25) is 0 Å². The summed E-state index contributed by atoms with van der Waals surface area (Å²) in [5.74, 6) is 2.61. The number of terminal acetylenes is 1. The minimum atomic E-state index is -1.93. The summed E-state index contributed by atoms with van der Waals surface area (Å²) in [4.78, 5) is 23.6. The van der Waals surface area contributed by atoms with Crippen LogP contribution in [0.5, 0.6) is 0 Å². The molecule has 0 spiro atoms. The third-order valence-electron chi connectivity index (χ3n) is 6.67. The molecule has 3 aromatic rings. The SMILES string of the molecule is C#CCc1cnc(SC[Si](C)(C)O[Si](C)(C)CCCN(C)C(=O)OC2c3ccccc3-c3ccccc32)nc1. The minimum absolute atomic E-state index is 0.300. The van der Waals surface area contributed by atoms with Crippen LogP contribution in [0.1, 0.15) is 29.2 Å². The summed E-state index contributed by atoms with van der Waals surface area (Å²) in [5, 5.41) is 1.64. The molecule has 0 saturated carbocycles. The van der Waals surface area contributed by atoms with E-state index in [1.807, 2.05) is 43.4 Å². The summed E-state index contributed by atoms with van der Waals surface area (Å²) in [7, 11) is -2.04. The van der Waals surface area contributed by atoms with Gasteiger partial charge in [-0.15, -0.1) is 12.3 Å². The highest BCUT2D eigenvalue weighted by atomic mass is 32.2. The van der Waals surface area contributed by atoms with Crippen molar-refractivity contribution >= 4 is 34.5 Å². The van der Waals surface area contributed by atoms with E-state index in [0.29, 0.717) is 13.0 Å². The van der Waals surface area contributed by atoms with E-state index in [4.69, 9.17) is 15.3 Å². The van der Waals surface area contributed by atoms with E-state index in [1.165, 1.54) is 0 Å². The molecule has 0 aliphatic heterocycles. The van der Waals surface area contributed by atoms with Crippen LogP contribution in [0.3, 0.4) is 0 Å². The Balaban J connectivity index is 1.25. The summed E-state index contributed by atoms with van der Waals surface area (Å²) in [5.41, 5.74) is 5.31. The van der Waals surface area contributed by atoms with Gasteiger partial charge in [0.05, 0.1) is 0 Å². The largest absolute Gasteiger partial charge is 0.455 e. The second-order valence-electron chi connectivity index (χ2n) is 11.1. The highest BCUT2D eigenvalue weighted by Gasteiger charge is 2.34. The predicted molar refractivity (Wildman–Crippen MR) is 164 cm³/mol. The molecule has 204 valence electrons. The minimum Gasteiger partial charge on any atom is -0.455 e. The average Bonchev–Trinajstić information content (AvgIpc) is 3.21. The Labute approximate surface area is 238 Å². The molecule has 4 rings (SSSR count). The number of hydrogen-bond acceptors (Lipinski definition) is 6. The number of thioether (sulfide) groups is 1. The maximum Gasteiger partial charge on any atom is 0.410 e. The summed E-state index contributed by atoms with van der Waals surface area (Å²) in [6.45, 7) is 9.66. The van der Waals surface area contributed by atoms with Gasteiger partial charge in [-0.25, -0.2) is 14.8 Å². The van der Waals surface area contributed by atoms with Gasteiger partial charge >= 0.3 is 6.09 Å².